The number of ether oxygens (including phenoxy) is 3. The van der Waals surface area contributed by atoms with Crippen LogP contribution < -0.4 is 14.8 Å². The molecule has 0 aliphatic heterocycles. The highest BCUT2D eigenvalue weighted by Crippen LogP contribution is 2.31. The van der Waals surface area contributed by atoms with Gasteiger partial charge in [-0.2, -0.15) is 0 Å². The van der Waals surface area contributed by atoms with Gasteiger partial charge in [0.05, 0.1) is 14.2 Å². The van der Waals surface area contributed by atoms with Gasteiger partial charge >= 0.3 is 6.09 Å². The Morgan fingerprint density at radius 2 is 1.78 bits per heavy atom. The molecule has 1 amide bonds. The third-order valence-corrected chi connectivity index (χ3v) is 3.50. The van der Waals surface area contributed by atoms with Gasteiger partial charge in [-0.1, -0.05) is 30.3 Å². The van der Waals surface area contributed by atoms with Crippen LogP contribution in [0.15, 0.2) is 42.5 Å². The Morgan fingerprint density at radius 1 is 1.04 bits per heavy atom. The molecule has 122 valence electrons. The molecule has 0 saturated heterocycles. The molecule has 0 spiro atoms. The average Bonchev–Trinajstić information content (AvgIpc) is 2.59. The second-order valence-electron chi connectivity index (χ2n) is 5.00. The number of rotatable bonds is 6. The van der Waals surface area contributed by atoms with Gasteiger partial charge in [0.25, 0.3) is 0 Å². The number of methoxy groups -OCH3 is 2. The normalized spacial score (nSPS) is 10.0. The molecule has 2 aromatic rings. The van der Waals surface area contributed by atoms with Crippen LogP contribution in [0.4, 0.5) is 4.79 Å². The predicted octanol–water partition coefficient (Wildman–Crippen LogP) is 3.44. The molecule has 0 aromatic heterocycles. The fourth-order valence-electron chi connectivity index (χ4n) is 2.32. The average molecular weight is 315 g/mol. The number of hydrogen-bond donors (Lipinski definition) is 1. The van der Waals surface area contributed by atoms with E-state index in [9.17, 15) is 4.79 Å². The Labute approximate surface area is 136 Å². The summed E-state index contributed by atoms with van der Waals surface area (Å²) in [4.78, 5) is 11.8. The molecular weight excluding hydrogens is 294 g/mol. The highest BCUT2D eigenvalue weighted by molar-refractivity contribution is 5.67. The standard InChI is InChI=1S/C18H21NO4/c1-13-16(21-2)10-9-15(17(13)22-3)11-19-18(20)23-12-14-7-5-4-6-8-14/h4-10H,11-12H2,1-3H3,(H,19,20). The van der Waals surface area contributed by atoms with Crippen LogP contribution in [0.25, 0.3) is 0 Å². The molecule has 0 radical (unpaired) electrons. The van der Waals surface area contributed by atoms with E-state index in [1.54, 1.807) is 14.2 Å². The maximum atomic E-state index is 11.8. The highest BCUT2D eigenvalue weighted by Gasteiger charge is 2.12. The van der Waals surface area contributed by atoms with Crippen molar-refractivity contribution >= 4 is 6.09 Å². The summed E-state index contributed by atoms with van der Waals surface area (Å²) < 4.78 is 15.9. The zero-order chi connectivity index (χ0) is 16.7. The lowest BCUT2D eigenvalue weighted by molar-refractivity contribution is 0.139. The summed E-state index contributed by atoms with van der Waals surface area (Å²) in [6.07, 6.45) is -0.468. The van der Waals surface area contributed by atoms with E-state index >= 15 is 0 Å². The van der Waals surface area contributed by atoms with E-state index in [2.05, 4.69) is 5.32 Å². The van der Waals surface area contributed by atoms with E-state index in [-0.39, 0.29) is 6.61 Å². The van der Waals surface area contributed by atoms with Gasteiger partial charge in [-0.15, -0.1) is 0 Å². The van der Waals surface area contributed by atoms with Gasteiger partial charge in [-0.25, -0.2) is 4.79 Å². The first-order chi connectivity index (χ1) is 11.2. The lowest BCUT2D eigenvalue weighted by atomic mass is 10.1. The summed E-state index contributed by atoms with van der Waals surface area (Å²) in [6, 6.07) is 13.3. The van der Waals surface area contributed by atoms with Crippen LogP contribution in [0.3, 0.4) is 0 Å². The lowest BCUT2D eigenvalue weighted by Gasteiger charge is -2.15. The molecular formula is C18H21NO4. The number of benzene rings is 2. The van der Waals surface area contributed by atoms with E-state index < -0.39 is 6.09 Å². The van der Waals surface area contributed by atoms with Gasteiger partial charge in [0.1, 0.15) is 18.1 Å². The molecule has 0 heterocycles. The highest BCUT2D eigenvalue weighted by atomic mass is 16.5. The lowest BCUT2D eigenvalue weighted by Crippen LogP contribution is -2.24. The van der Waals surface area contributed by atoms with E-state index in [1.165, 1.54) is 0 Å². The minimum Gasteiger partial charge on any atom is -0.496 e. The van der Waals surface area contributed by atoms with Crippen molar-refractivity contribution in [3.8, 4) is 11.5 Å². The van der Waals surface area contributed by atoms with Gasteiger partial charge in [-0.05, 0) is 24.6 Å². The SMILES string of the molecule is COc1ccc(CNC(=O)OCc2ccccc2)c(OC)c1C. The Balaban J connectivity index is 1.92. The third kappa shape index (κ3) is 4.39. The van der Waals surface area contributed by atoms with Crippen molar-refractivity contribution < 1.29 is 19.0 Å². The van der Waals surface area contributed by atoms with Crippen LogP contribution >= 0.6 is 0 Å². The molecule has 0 saturated carbocycles. The Hall–Kier alpha value is -2.69. The Kier molecular flexibility index (Phi) is 5.86. The van der Waals surface area contributed by atoms with Crippen LogP contribution in [0.2, 0.25) is 0 Å². The molecule has 23 heavy (non-hydrogen) atoms. The summed E-state index contributed by atoms with van der Waals surface area (Å²) in [6.45, 7) is 2.47. The molecule has 0 atom stereocenters. The van der Waals surface area contributed by atoms with E-state index in [1.807, 2.05) is 49.4 Å². The van der Waals surface area contributed by atoms with Crippen molar-refractivity contribution in [2.45, 2.75) is 20.1 Å². The van der Waals surface area contributed by atoms with Gasteiger partial charge < -0.3 is 19.5 Å². The Morgan fingerprint density at radius 3 is 2.43 bits per heavy atom. The van der Waals surface area contributed by atoms with E-state index in [4.69, 9.17) is 14.2 Å². The monoisotopic (exact) mass is 315 g/mol. The first kappa shape index (κ1) is 16.7. The smallest absolute Gasteiger partial charge is 0.407 e. The number of carbonyl (C=O) groups is 1. The van der Waals surface area contributed by atoms with Crippen molar-refractivity contribution in [1.82, 2.24) is 5.32 Å². The molecule has 2 aromatic carbocycles. The van der Waals surface area contributed by atoms with E-state index in [0.29, 0.717) is 12.3 Å². The summed E-state index contributed by atoms with van der Waals surface area (Å²) in [5, 5.41) is 2.73. The van der Waals surface area contributed by atoms with Crippen molar-refractivity contribution in [1.29, 1.82) is 0 Å². The number of nitrogens with one attached hydrogen (secondary N) is 1. The van der Waals surface area contributed by atoms with Gasteiger partial charge in [0.15, 0.2) is 0 Å². The third-order valence-electron chi connectivity index (χ3n) is 3.50. The minimum atomic E-state index is -0.468. The molecule has 0 aliphatic rings. The van der Waals surface area contributed by atoms with Crippen LogP contribution in [-0.2, 0) is 17.9 Å². The fraction of sp³-hybridized carbons (Fsp3) is 0.278. The van der Waals surface area contributed by atoms with Gasteiger partial charge in [0, 0.05) is 17.7 Å². The first-order valence-electron chi connectivity index (χ1n) is 7.30. The largest absolute Gasteiger partial charge is 0.496 e. The van der Waals surface area contributed by atoms with Crippen molar-refractivity contribution in [3.63, 3.8) is 0 Å². The molecule has 2 rings (SSSR count). The second-order valence-corrected chi connectivity index (χ2v) is 5.00. The topological polar surface area (TPSA) is 56.8 Å². The Bertz CT molecular complexity index is 656. The van der Waals surface area contributed by atoms with Crippen LogP contribution in [0.5, 0.6) is 11.5 Å². The van der Waals surface area contributed by atoms with Crippen molar-refractivity contribution in [3.05, 3.63) is 59.2 Å². The zero-order valence-electron chi connectivity index (χ0n) is 13.6. The molecule has 5 heteroatoms. The summed E-state index contributed by atoms with van der Waals surface area (Å²) in [5.41, 5.74) is 2.70. The number of carbonyl (C=O) groups excluding carboxylic acids is 1. The van der Waals surface area contributed by atoms with Gasteiger partial charge in [0.2, 0.25) is 0 Å². The minimum absolute atomic E-state index is 0.242. The van der Waals surface area contributed by atoms with Crippen molar-refractivity contribution in [2.75, 3.05) is 14.2 Å². The number of hydrogen-bond acceptors (Lipinski definition) is 4. The van der Waals surface area contributed by atoms with Crippen LogP contribution in [0.1, 0.15) is 16.7 Å². The molecule has 1 N–H and O–H groups in total. The maximum absolute atomic E-state index is 11.8. The molecule has 0 fully saturated rings. The number of alkyl carbamates (subject to hydrolysis) is 1. The zero-order valence-corrected chi connectivity index (χ0v) is 13.6. The van der Waals surface area contributed by atoms with E-state index in [0.717, 1.165) is 22.4 Å². The molecule has 0 unspecified atom stereocenters. The maximum Gasteiger partial charge on any atom is 0.407 e. The number of amides is 1. The molecule has 0 bridgehead atoms. The second kappa shape index (κ2) is 8.08. The van der Waals surface area contributed by atoms with Crippen LogP contribution in [0, 0.1) is 6.92 Å². The van der Waals surface area contributed by atoms with Gasteiger partial charge in [-0.3, -0.25) is 0 Å². The van der Waals surface area contributed by atoms with Crippen LogP contribution in [-0.4, -0.2) is 20.3 Å². The predicted molar refractivity (Wildman–Crippen MR) is 87.7 cm³/mol. The summed E-state index contributed by atoms with van der Waals surface area (Å²) >= 11 is 0. The summed E-state index contributed by atoms with van der Waals surface area (Å²) in [7, 11) is 3.21. The quantitative estimate of drug-likeness (QED) is 0.887. The molecule has 5 nitrogen and oxygen atoms in total. The fourth-order valence-corrected chi connectivity index (χ4v) is 2.32. The molecule has 0 aliphatic carbocycles. The first-order valence-corrected chi connectivity index (χ1v) is 7.30. The van der Waals surface area contributed by atoms with Crippen molar-refractivity contribution in [2.24, 2.45) is 0 Å². The summed E-state index contributed by atoms with van der Waals surface area (Å²) in [5.74, 6) is 1.45.